The van der Waals surface area contributed by atoms with E-state index in [1.807, 2.05) is 18.2 Å². The molecule has 3 aromatic rings. The van der Waals surface area contributed by atoms with Crippen LogP contribution in [-0.2, 0) is 5.60 Å². The van der Waals surface area contributed by atoms with Gasteiger partial charge in [-0.25, -0.2) is 4.98 Å². The molecule has 1 N–H and O–H groups in total. The molecule has 0 fully saturated rings. The van der Waals surface area contributed by atoms with E-state index in [0.717, 1.165) is 11.1 Å². The molecular weight excluding hydrogens is 300 g/mol. The fraction of sp³-hybridized carbons (Fsp3) is 0.176. The van der Waals surface area contributed by atoms with Crippen molar-refractivity contribution in [1.82, 2.24) is 9.97 Å². The van der Waals surface area contributed by atoms with Gasteiger partial charge < -0.3 is 9.52 Å². The highest BCUT2D eigenvalue weighted by Gasteiger charge is 2.17. The number of rotatable bonds is 3. The zero-order chi connectivity index (χ0) is 15.7. The summed E-state index contributed by atoms with van der Waals surface area (Å²) in [6.07, 6.45) is 3.27. The summed E-state index contributed by atoms with van der Waals surface area (Å²) in [6, 6.07) is 10.9. The quantitative estimate of drug-likeness (QED) is 0.783. The molecule has 0 radical (unpaired) electrons. The van der Waals surface area contributed by atoms with Crippen LogP contribution in [0.4, 0.5) is 0 Å². The topological polar surface area (TPSA) is 59.2 Å². The summed E-state index contributed by atoms with van der Waals surface area (Å²) in [6.45, 7) is 3.40. The molecule has 112 valence electrons. The highest BCUT2D eigenvalue weighted by Crippen LogP contribution is 2.26. The van der Waals surface area contributed by atoms with Gasteiger partial charge >= 0.3 is 0 Å². The van der Waals surface area contributed by atoms with E-state index in [4.69, 9.17) is 16.0 Å². The van der Waals surface area contributed by atoms with E-state index >= 15 is 0 Å². The van der Waals surface area contributed by atoms with Gasteiger partial charge in [0.2, 0.25) is 5.89 Å². The molecule has 5 heteroatoms. The van der Waals surface area contributed by atoms with Crippen LogP contribution in [0.15, 0.2) is 53.3 Å². The third-order valence-corrected chi connectivity index (χ3v) is 3.53. The van der Waals surface area contributed by atoms with Crippen molar-refractivity contribution in [2.24, 2.45) is 0 Å². The number of halogens is 1. The predicted molar refractivity (Wildman–Crippen MR) is 85.4 cm³/mol. The maximum atomic E-state index is 9.92. The molecule has 0 bridgehead atoms. The number of pyridine rings is 1. The monoisotopic (exact) mass is 314 g/mol. The zero-order valence-corrected chi connectivity index (χ0v) is 13.0. The van der Waals surface area contributed by atoms with Crippen molar-refractivity contribution in [3.05, 3.63) is 59.6 Å². The van der Waals surface area contributed by atoms with E-state index in [0.29, 0.717) is 22.3 Å². The Morgan fingerprint density at radius 1 is 1.05 bits per heavy atom. The van der Waals surface area contributed by atoms with Crippen LogP contribution in [0, 0.1) is 0 Å². The van der Waals surface area contributed by atoms with Gasteiger partial charge in [-0.05, 0) is 50.2 Å². The van der Waals surface area contributed by atoms with Crippen LogP contribution >= 0.6 is 11.6 Å². The molecule has 2 heterocycles. The van der Waals surface area contributed by atoms with Gasteiger partial charge in [0, 0.05) is 22.3 Å². The average molecular weight is 315 g/mol. The minimum Gasteiger partial charge on any atom is -0.444 e. The Hall–Kier alpha value is -2.17. The van der Waals surface area contributed by atoms with E-state index < -0.39 is 5.60 Å². The van der Waals surface area contributed by atoms with Crippen LogP contribution < -0.4 is 0 Å². The highest BCUT2D eigenvalue weighted by molar-refractivity contribution is 6.30. The van der Waals surface area contributed by atoms with Gasteiger partial charge in [-0.1, -0.05) is 11.6 Å². The summed E-state index contributed by atoms with van der Waals surface area (Å²) in [4.78, 5) is 8.73. The van der Waals surface area contributed by atoms with Crippen LogP contribution in [0.1, 0.15) is 19.5 Å². The summed E-state index contributed by atoms with van der Waals surface area (Å²) in [7, 11) is 0. The molecular formula is C17H15ClN2O2. The number of hydrogen-bond donors (Lipinski definition) is 1. The Balaban J connectivity index is 1.89. The summed E-state index contributed by atoms with van der Waals surface area (Å²) in [5, 5.41) is 10.6. The van der Waals surface area contributed by atoms with Crippen LogP contribution in [0.5, 0.6) is 0 Å². The number of hydrogen-bond acceptors (Lipinski definition) is 4. The molecule has 0 amide bonds. The molecule has 0 saturated heterocycles. The lowest BCUT2D eigenvalue weighted by atomic mass is 10.0. The number of oxazole rings is 1. The van der Waals surface area contributed by atoms with Gasteiger partial charge in [0.05, 0.1) is 5.69 Å². The largest absolute Gasteiger partial charge is 0.444 e. The molecule has 0 saturated carbocycles. The Morgan fingerprint density at radius 3 is 2.32 bits per heavy atom. The van der Waals surface area contributed by atoms with E-state index in [2.05, 4.69) is 9.97 Å². The second-order valence-electron chi connectivity index (χ2n) is 5.54. The fourth-order valence-electron chi connectivity index (χ4n) is 2.04. The normalized spacial score (nSPS) is 11.6. The molecule has 0 aliphatic carbocycles. The molecule has 0 unspecified atom stereocenters. The lowest BCUT2D eigenvalue weighted by Gasteiger charge is -2.16. The van der Waals surface area contributed by atoms with Gasteiger partial charge in [-0.3, -0.25) is 4.98 Å². The lowest BCUT2D eigenvalue weighted by Crippen LogP contribution is -2.17. The summed E-state index contributed by atoms with van der Waals surface area (Å²) in [5.74, 6) is 0.526. The Labute approximate surface area is 133 Å². The number of benzene rings is 1. The molecule has 0 aliphatic rings. The van der Waals surface area contributed by atoms with Gasteiger partial charge in [0.15, 0.2) is 0 Å². The molecule has 2 aromatic heterocycles. The third-order valence-electron chi connectivity index (χ3n) is 3.28. The number of aliphatic hydroxyl groups is 1. The second kappa shape index (κ2) is 5.55. The number of aromatic nitrogens is 2. The minimum absolute atomic E-state index is 0.526. The second-order valence-corrected chi connectivity index (χ2v) is 5.97. The predicted octanol–water partition coefficient (Wildman–Crippen LogP) is 4.28. The molecule has 4 nitrogen and oxygen atoms in total. The molecule has 1 aromatic carbocycles. The first kappa shape index (κ1) is 14.8. The molecule has 3 rings (SSSR count). The summed E-state index contributed by atoms with van der Waals surface area (Å²) < 4.78 is 5.51. The van der Waals surface area contributed by atoms with Gasteiger partial charge in [-0.2, -0.15) is 0 Å². The Morgan fingerprint density at radius 2 is 1.73 bits per heavy atom. The van der Waals surface area contributed by atoms with Crippen LogP contribution in [0.25, 0.3) is 22.7 Å². The summed E-state index contributed by atoms with van der Waals surface area (Å²) in [5.41, 5.74) is 2.03. The van der Waals surface area contributed by atoms with Crippen molar-refractivity contribution in [1.29, 1.82) is 0 Å². The Kier molecular flexibility index (Phi) is 3.72. The Bertz CT molecular complexity index is 772. The first-order chi connectivity index (χ1) is 10.4. The van der Waals surface area contributed by atoms with E-state index in [1.54, 1.807) is 44.5 Å². The van der Waals surface area contributed by atoms with Gasteiger partial charge in [-0.15, -0.1) is 0 Å². The molecule has 0 aliphatic heterocycles. The maximum absolute atomic E-state index is 9.92. The van der Waals surface area contributed by atoms with Crippen LogP contribution in [0.3, 0.4) is 0 Å². The SMILES string of the molecule is CC(C)(O)c1ccc(-c2coc(-c3ccc(Cl)cc3)n2)cn1. The first-order valence-electron chi connectivity index (χ1n) is 6.84. The van der Waals surface area contributed by atoms with Gasteiger partial charge in [0.25, 0.3) is 0 Å². The smallest absolute Gasteiger partial charge is 0.226 e. The maximum Gasteiger partial charge on any atom is 0.226 e. The lowest BCUT2D eigenvalue weighted by molar-refractivity contribution is 0.0739. The van der Waals surface area contributed by atoms with E-state index in [1.165, 1.54) is 0 Å². The van der Waals surface area contributed by atoms with Gasteiger partial charge in [0.1, 0.15) is 17.6 Å². The van der Waals surface area contributed by atoms with Crippen molar-refractivity contribution in [3.8, 4) is 22.7 Å². The summed E-state index contributed by atoms with van der Waals surface area (Å²) >= 11 is 5.87. The minimum atomic E-state index is -0.961. The van der Waals surface area contributed by atoms with E-state index in [9.17, 15) is 5.11 Å². The van der Waals surface area contributed by atoms with Crippen LogP contribution in [-0.4, -0.2) is 15.1 Å². The van der Waals surface area contributed by atoms with Crippen molar-refractivity contribution < 1.29 is 9.52 Å². The molecule has 0 atom stereocenters. The zero-order valence-electron chi connectivity index (χ0n) is 12.2. The van der Waals surface area contributed by atoms with Crippen molar-refractivity contribution in [3.63, 3.8) is 0 Å². The fourth-order valence-corrected chi connectivity index (χ4v) is 2.16. The average Bonchev–Trinajstić information content (AvgIpc) is 2.97. The third kappa shape index (κ3) is 3.03. The van der Waals surface area contributed by atoms with Crippen molar-refractivity contribution >= 4 is 11.6 Å². The van der Waals surface area contributed by atoms with E-state index in [-0.39, 0.29) is 0 Å². The first-order valence-corrected chi connectivity index (χ1v) is 7.22. The van der Waals surface area contributed by atoms with Crippen molar-refractivity contribution in [2.75, 3.05) is 0 Å². The van der Waals surface area contributed by atoms with Crippen molar-refractivity contribution in [2.45, 2.75) is 19.4 Å². The molecule has 22 heavy (non-hydrogen) atoms. The highest BCUT2D eigenvalue weighted by atomic mass is 35.5. The standard InChI is InChI=1S/C17H15ClN2O2/c1-17(2,21)15-8-5-12(9-19-15)14-10-22-16(20-14)11-3-6-13(18)7-4-11/h3-10,21H,1-2H3. The van der Waals surface area contributed by atoms with Crippen LogP contribution in [0.2, 0.25) is 5.02 Å². The molecule has 0 spiro atoms. The number of nitrogens with zero attached hydrogens (tertiary/aromatic N) is 2.